The highest BCUT2D eigenvalue weighted by Gasteiger charge is 2.12. The van der Waals surface area contributed by atoms with Crippen LogP contribution in [0.5, 0.6) is 0 Å². The molecule has 0 fully saturated rings. The molecule has 3 aromatic carbocycles. The molecule has 0 bridgehead atoms. The summed E-state index contributed by atoms with van der Waals surface area (Å²) < 4.78 is 2.78. The first kappa shape index (κ1) is 18.9. The summed E-state index contributed by atoms with van der Waals surface area (Å²) in [6, 6.07) is 25.0. The van der Waals surface area contributed by atoms with Crippen molar-refractivity contribution >= 4 is 0 Å². The summed E-state index contributed by atoms with van der Waals surface area (Å²) in [4.78, 5) is 12.3. The minimum Gasteiger partial charge on any atom is -0.388 e. The van der Waals surface area contributed by atoms with Crippen molar-refractivity contribution in [3.05, 3.63) is 100 Å². The molecule has 1 aromatic heterocycles. The van der Waals surface area contributed by atoms with Crippen LogP contribution in [0.3, 0.4) is 0 Å². The molecule has 0 saturated carbocycles. The minimum atomic E-state index is -0.268. The smallest absolute Gasteiger partial charge is 0.346 e. The van der Waals surface area contributed by atoms with Gasteiger partial charge in [0.15, 0.2) is 5.82 Å². The number of benzene rings is 3. The van der Waals surface area contributed by atoms with Gasteiger partial charge in [0.2, 0.25) is 0 Å². The van der Waals surface area contributed by atoms with Crippen LogP contribution in [0.25, 0.3) is 22.3 Å². The van der Waals surface area contributed by atoms with Crippen LogP contribution >= 0.6 is 0 Å². The van der Waals surface area contributed by atoms with Gasteiger partial charge in [-0.05, 0) is 46.4 Å². The van der Waals surface area contributed by atoms with E-state index in [4.69, 9.17) is 0 Å². The van der Waals surface area contributed by atoms with E-state index in [0.29, 0.717) is 12.4 Å². The van der Waals surface area contributed by atoms with Crippen LogP contribution in [0.1, 0.15) is 17.0 Å². The number of nitrogens with zero attached hydrogens (tertiary/aromatic N) is 3. The van der Waals surface area contributed by atoms with Crippen LogP contribution in [0.2, 0.25) is 0 Å². The molecule has 0 aliphatic carbocycles. The maximum atomic E-state index is 12.3. The molecule has 4 rings (SSSR count). The van der Waals surface area contributed by atoms with Gasteiger partial charge in [-0.25, -0.2) is 9.48 Å². The maximum absolute atomic E-state index is 12.3. The van der Waals surface area contributed by atoms with Crippen molar-refractivity contribution in [2.45, 2.75) is 20.1 Å². The van der Waals surface area contributed by atoms with Gasteiger partial charge in [0.25, 0.3) is 0 Å². The fourth-order valence-corrected chi connectivity index (χ4v) is 3.51. The van der Waals surface area contributed by atoms with Gasteiger partial charge in [-0.15, -0.1) is 0 Å². The molecule has 0 radical (unpaired) electrons. The molecular weight excluding hydrogens is 362 g/mol. The summed E-state index contributed by atoms with van der Waals surface area (Å²) in [6.07, 6.45) is 0. The summed E-state index contributed by atoms with van der Waals surface area (Å²) in [7, 11) is 1.59. The Morgan fingerprint density at radius 1 is 0.862 bits per heavy atom. The van der Waals surface area contributed by atoms with Crippen molar-refractivity contribution in [1.82, 2.24) is 14.3 Å². The third-order valence-electron chi connectivity index (χ3n) is 5.23. The van der Waals surface area contributed by atoms with E-state index in [1.807, 2.05) is 25.1 Å². The van der Waals surface area contributed by atoms with Gasteiger partial charge in [0, 0.05) is 7.05 Å². The van der Waals surface area contributed by atoms with E-state index in [2.05, 4.69) is 59.7 Å². The highest BCUT2D eigenvalue weighted by atomic mass is 16.3. The van der Waals surface area contributed by atoms with E-state index in [9.17, 15) is 9.90 Å². The van der Waals surface area contributed by atoms with Crippen LogP contribution in [-0.2, 0) is 20.2 Å². The SMILES string of the molecule is Cc1ccc(-c2ccc(-c3ccccc3)cc2)cc1Cn1c(CO)nn(C)c1=O. The number of rotatable bonds is 5. The van der Waals surface area contributed by atoms with Gasteiger partial charge in [-0.2, -0.15) is 5.10 Å². The lowest BCUT2D eigenvalue weighted by atomic mass is 9.97. The fraction of sp³-hybridized carbons (Fsp3) is 0.167. The standard InChI is InChI=1S/C24H23N3O2/c1-17-8-9-21(14-22(17)15-27-23(16-28)25-26(2)24(27)29)20-12-10-19(11-13-20)18-6-4-3-5-7-18/h3-14,28H,15-16H2,1-2H3. The Morgan fingerprint density at radius 2 is 1.45 bits per heavy atom. The molecule has 29 heavy (non-hydrogen) atoms. The number of aliphatic hydroxyl groups is 1. The lowest BCUT2D eigenvalue weighted by Crippen LogP contribution is -2.24. The highest BCUT2D eigenvalue weighted by molar-refractivity contribution is 5.71. The first-order valence-electron chi connectivity index (χ1n) is 9.56. The Morgan fingerprint density at radius 3 is 2.10 bits per heavy atom. The zero-order chi connectivity index (χ0) is 20.4. The molecule has 0 aliphatic heterocycles. The number of aryl methyl sites for hydroxylation is 2. The molecule has 0 amide bonds. The monoisotopic (exact) mass is 385 g/mol. The van der Waals surface area contributed by atoms with E-state index in [-0.39, 0.29) is 12.3 Å². The lowest BCUT2D eigenvalue weighted by molar-refractivity contribution is 0.264. The Kier molecular flexibility index (Phi) is 5.14. The molecular formula is C24H23N3O2. The molecule has 0 spiro atoms. The average Bonchev–Trinajstić information content (AvgIpc) is 3.04. The largest absolute Gasteiger partial charge is 0.388 e. The summed E-state index contributed by atoms with van der Waals surface area (Å²) in [5.74, 6) is 0.370. The van der Waals surface area contributed by atoms with E-state index in [0.717, 1.165) is 22.3 Å². The van der Waals surface area contributed by atoms with E-state index in [1.54, 1.807) is 7.05 Å². The van der Waals surface area contributed by atoms with Gasteiger partial charge >= 0.3 is 5.69 Å². The Bertz CT molecular complexity index is 1190. The molecule has 0 unspecified atom stereocenters. The van der Waals surface area contributed by atoms with Gasteiger partial charge in [0.05, 0.1) is 6.54 Å². The number of hydrogen-bond acceptors (Lipinski definition) is 3. The second kappa shape index (κ2) is 7.89. The van der Waals surface area contributed by atoms with Crippen LogP contribution in [0.4, 0.5) is 0 Å². The summed E-state index contributed by atoms with van der Waals surface area (Å²) in [5, 5.41) is 13.6. The molecule has 4 aromatic rings. The van der Waals surface area contributed by atoms with Crippen molar-refractivity contribution in [2.75, 3.05) is 0 Å². The van der Waals surface area contributed by atoms with Gasteiger partial charge < -0.3 is 5.11 Å². The molecule has 0 saturated heterocycles. The van der Waals surface area contributed by atoms with Crippen LogP contribution in [0.15, 0.2) is 77.6 Å². The number of aliphatic hydroxyl groups excluding tert-OH is 1. The predicted octanol–water partition coefficient (Wildman–Crippen LogP) is 3.76. The molecule has 0 aliphatic rings. The van der Waals surface area contributed by atoms with E-state index in [1.165, 1.54) is 20.4 Å². The molecule has 146 valence electrons. The topological polar surface area (TPSA) is 60.0 Å². The van der Waals surface area contributed by atoms with Crippen molar-refractivity contribution < 1.29 is 5.11 Å². The Hall–Kier alpha value is -3.44. The lowest BCUT2D eigenvalue weighted by Gasteiger charge is -2.11. The average molecular weight is 385 g/mol. The third-order valence-corrected chi connectivity index (χ3v) is 5.23. The zero-order valence-electron chi connectivity index (χ0n) is 16.5. The van der Waals surface area contributed by atoms with Crippen molar-refractivity contribution in [3.8, 4) is 22.3 Å². The second-order valence-electron chi connectivity index (χ2n) is 7.15. The van der Waals surface area contributed by atoms with Crippen LogP contribution in [0, 0.1) is 6.92 Å². The maximum Gasteiger partial charge on any atom is 0.346 e. The minimum absolute atomic E-state index is 0.230. The third kappa shape index (κ3) is 3.77. The van der Waals surface area contributed by atoms with Crippen molar-refractivity contribution in [3.63, 3.8) is 0 Å². The van der Waals surface area contributed by atoms with Crippen molar-refractivity contribution in [2.24, 2.45) is 7.05 Å². The fourth-order valence-electron chi connectivity index (χ4n) is 3.51. The summed E-state index contributed by atoms with van der Waals surface area (Å²) in [5.41, 5.74) is 6.46. The summed E-state index contributed by atoms with van der Waals surface area (Å²) in [6.45, 7) is 2.14. The van der Waals surface area contributed by atoms with Gasteiger partial charge in [0.1, 0.15) is 6.61 Å². The quantitative estimate of drug-likeness (QED) is 0.569. The predicted molar refractivity (Wildman–Crippen MR) is 115 cm³/mol. The van der Waals surface area contributed by atoms with E-state index >= 15 is 0 Å². The number of aromatic nitrogens is 3. The zero-order valence-corrected chi connectivity index (χ0v) is 16.5. The Balaban J connectivity index is 1.66. The summed E-state index contributed by atoms with van der Waals surface area (Å²) >= 11 is 0. The molecule has 1 N–H and O–H groups in total. The number of hydrogen-bond donors (Lipinski definition) is 1. The highest BCUT2D eigenvalue weighted by Crippen LogP contribution is 2.26. The van der Waals surface area contributed by atoms with Crippen molar-refractivity contribution in [1.29, 1.82) is 0 Å². The van der Waals surface area contributed by atoms with Gasteiger partial charge in [-0.3, -0.25) is 4.57 Å². The molecule has 0 atom stereocenters. The van der Waals surface area contributed by atoms with Crippen LogP contribution < -0.4 is 5.69 Å². The van der Waals surface area contributed by atoms with Gasteiger partial charge in [-0.1, -0.05) is 66.7 Å². The molecule has 5 nitrogen and oxygen atoms in total. The molecule has 1 heterocycles. The van der Waals surface area contributed by atoms with Crippen LogP contribution in [-0.4, -0.2) is 19.5 Å². The first-order valence-corrected chi connectivity index (χ1v) is 9.56. The first-order chi connectivity index (χ1) is 14.1. The molecule has 5 heteroatoms. The second-order valence-corrected chi connectivity index (χ2v) is 7.15. The van der Waals surface area contributed by atoms with E-state index < -0.39 is 0 Å². The normalized spacial score (nSPS) is 11.0. The Labute approximate surface area is 169 Å².